The molecule has 2 N–H and O–H groups in total. The van der Waals surface area contributed by atoms with Gasteiger partial charge in [0.15, 0.2) is 6.61 Å². The van der Waals surface area contributed by atoms with E-state index in [2.05, 4.69) is 10.5 Å². The summed E-state index contributed by atoms with van der Waals surface area (Å²) in [6.07, 6.45) is 1.86. The van der Waals surface area contributed by atoms with Gasteiger partial charge in [0, 0.05) is 17.7 Å². The zero-order chi connectivity index (χ0) is 15.8. The second kappa shape index (κ2) is 8.24. The van der Waals surface area contributed by atoms with E-state index < -0.39 is 5.82 Å². The average molecular weight is 296 g/mol. The van der Waals surface area contributed by atoms with Gasteiger partial charge in [0.25, 0.3) is 5.91 Å². The van der Waals surface area contributed by atoms with E-state index in [9.17, 15) is 9.18 Å². The first-order valence-corrected chi connectivity index (χ1v) is 6.88. The van der Waals surface area contributed by atoms with Crippen LogP contribution in [-0.2, 0) is 4.79 Å². The van der Waals surface area contributed by atoms with Gasteiger partial charge in [0.1, 0.15) is 11.6 Å². The number of carbonyl (C=O) groups is 1. The van der Waals surface area contributed by atoms with Gasteiger partial charge in [-0.15, -0.1) is 0 Å². The molecule has 1 atom stereocenters. The normalized spacial score (nSPS) is 12.9. The number of hydrogen-bond donors (Lipinski definition) is 2. The first kappa shape index (κ1) is 16.9. The third kappa shape index (κ3) is 5.41. The van der Waals surface area contributed by atoms with Crippen molar-refractivity contribution in [3.05, 3.63) is 29.6 Å². The van der Waals surface area contributed by atoms with Gasteiger partial charge in [-0.1, -0.05) is 18.5 Å². The maximum Gasteiger partial charge on any atom is 0.258 e. The summed E-state index contributed by atoms with van der Waals surface area (Å²) in [7, 11) is 0. The minimum absolute atomic E-state index is 0.0684. The highest BCUT2D eigenvalue weighted by atomic mass is 19.1. The van der Waals surface area contributed by atoms with Crippen molar-refractivity contribution >= 4 is 11.6 Å². The molecule has 0 saturated heterocycles. The predicted molar refractivity (Wildman–Crippen MR) is 78.4 cm³/mol. The van der Waals surface area contributed by atoms with Crippen molar-refractivity contribution in [3.8, 4) is 5.75 Å². The number of hydrogen-bond acceptors (Lipinski definition) is 4. The van der Waals surface area contributed by atoms with Gasteiger partial charge >= 0.3 is 0 Å². The van der Waals surface area contributed by atoms with Crippen LogP contribution in [0.4, 0.5) is 4.39 Å². The van der Waals surface area contributed by atoms with Crippen molar-refractivity contribution in [2.75, 3.05) is 6.61 Å². The van der Waals surface area contributed by atoms with Gasteiger partial charge in [-0.2, -0.15) is 0 Å². The van der Waals surface area contributed by atoms with E-state index in [-0.39, 0.29) is 30.0 Å². The molecule has 6 heteroatoms. The van der Waals surface area contributed by atoms with Crippen LogP contribution in [0.2, 0.25) is 0 Å². The summed E-state index contributed by atoms with van der Waals surface area (Å²) in [5, 5.41) is 14.7. The molecule has 0 heterocycles. The molecular weight excluding hydrogens is 275 g/mol. The quantitative estimate of drug-likeness (QED) is 0.462. The van der Waals surface area contributed by atoms with Crippen LogP contribution in [0.1, 0.15) is 39.2 Å². The Morgan fingerprint density at radius 2 is 2.24 bits per heavy atom. The molecule has 0 aromatic heterocycles. The summed E-state index contributed by atoms with van der Waals surface area (Å²) in [4.78, 5) is 11.7. The second-order valence-corrected chi connectivity index (χ2v) is 4.87. The lowest BCUT2D eigenvalue weighted by Gasteiger charge is -2.14. The molecule has 1 aromatic rings. The first-order valence-electron chi connectivity index (χ1n) is 6.88. The summed E-state index contributed by atoms with van der Waals surface area (Å²) in [6, 6.07) is 3.91. The fraction of sp³-hybridized carbons (Fsp3) is 0.467. The first-order chi connectivity index (χ1) is 9.97. The van der Waals surface area contributed by atoms with Crippen LogP contribution >= 0.6 is 0 Å². The van der Waals surface area contributed by atoms with Crippen LogP contribution in [0.3, 0.4) is 0 Å². The molecule has 0 aliphatic carbocycles. The Morgan fingerprint density at radius 3 is 2.86 bits per heavy atom. The monoisotopic (exact) mass is 296 g/mol. The molecule has 0 aliphatic rings. The highest BCUT2D eigenvalue weighted by Crippen LogP contribution is 2.20. The van der Waals surface area contributed by atoms with E-state index in [1.54, 1.807) is 6.92 Å². The number of carbonyl (C=O) groups excluding carboxylic acids is 1. The van der Waals surface area contributed by atoms with Crippen molar-refractivity contribution in [1.29, 1.82) is 0 Å². The lowest BCUT2D eigenvalue weighted by Crippen LogP contribution is -2.36. The molecule has 0 bridgehead atoms. The van der Waals surface area contributed by atoms with E-state index in [4.69, 9.17) is 9.94 Å². The van der Waals surface area contributed by atoms with Gasteiger partial charge in [0.05, 0.1) is 5.71 Å². The number of ether oxygens (including phenoxy) is 1. The Morgan fingerprint density at radius 1 is 1.52 bits per heavy atom. The second-order valence-electron chi connectivity index (χ2n) is 4.87. The van der Waals surface area contributed by atoms with E-state index in [0.717, 1.165) is 18.9 Å². The Bertz CT molecular complexity index is 518. The fourth-order valence-electron chi connectivity index (χ4n) is 1.93. The number of benzene rings is 1. The highest BCUT2D eigenvalue weighted by Gasteiger charge is 2.12. The predicted octanol–water partition coefficient (Wildman–Crippen LogP) is 2.71. The Labute approximate surface area is 123 Å². The summed E-state index contributed by atoms with van der Waals surface area (Å²) in [5.41, 5.74) is 0.720. The van der Waals surface area contributed by atoms with Gasteiger partial charge in [0.2, 0.25) is 0 Å². The molecule has 0 spiro atoms. The molecule has 0 aliphatic heterocycles. The zero-order valence-corrected chi connectivity index (χ0v) is 12.5. The summed E-state index contributed by atoms with van der Waals surface area (Å²) in [6.45, 7) is 5.29. The molecule has 0 radical (unpaired) electrons. The minimum atomic E-state index is -0.487. The van der Waals surface area contributed by atoms with Crippen molar-refractivity contribution in [2.24, 2.45) is 5.16 Å². The number of halogens is 1. The van der Waals surface area contributed by atoms with Gasteiger partial charge in [-0.25, -0.2) is 4.39 Å². The van der Waals surface area contributed by atoms with Crippen LogP contribution in [0.15, 0.2) is 23.4 Å². The van der Waals surface area contributed by atoms with Crippen LogP contribution in [0, 0.1) is 5.82 Å². The number of nitrogens with one attached hydrogen (secondary N) is 1. The standard InChI is InChI=1S/C15H21FN2O3/c1-4-5-10(2)17-15(19)9-21-14-8-12(16)6-7-13(14)11(3)18-20/h6-8,10,20H,4-5,9H2,1-3H3,(H,17,19). The van der Waals surface area contributed by atoms with Crippen LogP contribution < -0.4 is 10.1 Å². The van der Waals surface area contributed by atoms with E-state index in [1.807, 2.05) is 13.8 Å². The third-order valence-electron chi connectivity index (χ3n) is 2.97. The van der Waals surface area contributed by atoms with Crippen LogP contribution in [0.25, 0.3) is 0 Å². The molecule has 5 nitrogen and oxygen atoms in total. The SMILES string of the molecule is CCCC(C)NC(=O)COc1cc(F)ccc1C(C)=NO. The van der Waals surface area contributed by atoms with Crippen LogP contribution in [0.5, 0.6) is 5.75 Å². The molecular formula is C15H21FN2O3. The maximum absolute atomic E-state index is 13.3. The van der Waals surface area contributed by atoms with Crippen molar-refractivity contribution < 1.29 is 19.1 Å². The van der Waals surface area contributed by atoms with E-state index in [1.165, 1.54) is 12.1 Å². The van der Waals surface area contributed by atoms with Crippen molar-refractivity contribution in [3.63, 3.8) is 0 Å². The van der Waals surface area contributed by atoms with Gasteiger partial charge in [-0.05, 0) is 32.4 Å². The summed E-state index contributed by atoms with van der Waals surface area (Å²) in [5.74, 6) is -0.590. The van der Waals surface area contributed by atoms with E-state index in [0.29, 0.717) is 5.56 Å². The largest absolute Gasteiger partial charge is 0.483 e. The van der Waals surface area contributed by atoms with Crippen LogP contribution in [-0.4, -0.2) is 29.5 Å². The summed E-state index contributed by atoms with van der Waals surface area (Å²) < 4.78 is 18.6. The smallest absolute Gasteiger partial charge is 0.258 e. The molecule has 1 rings (SSSR count). The molecule has 0 saturated carbocycles. The lowest BCUT2D eigenvalue weighted by atomic mass is 10.1. The number of amides is 1. The van der Waals surface area contributed by atoms with Crippen molar-refractivity contribution in [1.82, 2.24) is 5.32 Å². The molecule has 0 fully saturated rings. The topological polar surface area (TPSA) is 70.9 Å². The molecule has 1 unspecified atom stereocenters. The lowest BCUT2D eigenvalue weighted by molar-refractivity contribution is -0.123. The summed E-state index contributed by atoms with van der Waals surface area (Å²) >= 11 is 0. The van der Waals surface area contributed by atoms with Gasteiger partial charge < -0.3 is 15.3 Å². The zero-order valence-electron chi connectivity index (χ0n) is 12.5. The van der Waals surface area contributed by atoms with E-state index >= 15 is 0 Å². The Hall–Kier alpha value is -2.11. The maximum atomic E-state index is 13.3. The fourth-order valence-corrected chi connectivity index (χ4v) is 1.93. The third-order valence-corrected chi connectivity index (χ3v) is 2.97. The molecule has 21 heavy (non-hydrogen) atoms. The van der Waals surface area contributed by atoms with Crippen molar-refractivity contribution in [2.45, 2.75) is 39.7 Å². The van der Waals surface area contributed by atoms with Gasteiger partial charge in [-0.3, -0.25) is 4.79 Å². The number of rotatable bonds is 7. The minimum Gasteiger partial charge on any atom is -0.483 e. The molecule has 1 amide bonds. The average Bonchev–Trinajstić information content (AvgIpc) is 2.44. The Balaban J connectivity index is 2.70. The Kier molecular flexibility index (Phi) is 6.65. The molecule has 116 valence electrons. The molecule has 1 aromatic carbocycles. The number of nitrogens with zero attached hydrogens (tertiary/aromatic N) is 1. The number of oxime groups is 1. The highest BCUT2D eigenvalue weighted by molar-refractivity contribution is 6.00.